The first kappa shape index (κ1) is 17.2. The van der Waals surface area contributed by atoms with E-state index in [9.17, 15) is 9.59 Å². The maximum atomic E-state index is 12.7. The molecule has 2 aromatic rings. The number of benzene rings is 2. The minimum absolute atomic E-state index is 0.214. The van der Waals surface area contributed by atoms with Gasteiger partial charge in [-0.2, -0.15) is 0 Å². The van der Waals surface area contributed by atoms with Gasteiger partial charge in [0, 0.05) is 24.6 Å². The fourth-order valence-corrected chi connectivity index (χ4v) is 3.49. The van der Waals surface area contributed by atoms with Gasteiger partial charge in [-0.25, -0.2) is 4.79 Å². The van der Waals surface area contributed by atoms with Crippen molar-refractivity contribution < 1.29 is 14.9 Å². The predicted molar refractivity (Wildman–Crippen MR) is 95.8 cm³/mol. The fraction of sp³-hybridized carbons (Fsp3) is 0.300. The molecule has 0 saturated carbocycles. The lowest BCUT2D eigenvalue weighted by Gasteiger charge is -2.27. The van der Waals surface area contributed by atoms with Crippen LogP contribution in [-0.4, -0.2) is 19.0 Å². The Morgan fingerprint density at radius 1 is 1.08 bits per heavy atom. The number of hydrogen-bond acceptors (Lipinski definition) is 2. The second-order valence-electron chi connectivity index (χ2n) is 6.35. The summed E-state index contributed by atoms with van der Waals surface area (Å²) < 4.78 is 0. The third-order valence-electron chi connectivity index (χ3n) is 4.75. The van der Waals surface area contributed by atoms with Crippen molar-refractivity contribution in [3.05, 3.63) is 71.3 Å². The highest BCUT2D eigenvalue weighted by molar-refractivity contribution is 5.96. The van der Waals surface area contributed by atoms with Crippen molar-refractivity contribution in [1.29, 1.82) is 0 Å². The van der Waals surface area contributed by atoms with Crippen molar-refractivity contribution in [2.24, 2.45) is 0 Å². The maximum absolute atomic E-state index is 12.7. The molecule has 0 bridgehead atoms. The summed E-state index contributed by atoms with van der Waals surface area (Å²) in [6, 6.07) is 17.3. The van der Waals surface area contributed by atoms with E-state index < -0.39 is 12.1 Å². The molecule has 0 fully saturated rings. The summed E-state index contributed by atoms with van der Waals surface area (Å²) in [5, 5.41) is 6.95. The summed E-state index contributed by atoms with van der Waals surface area (Å²) in [6.07, 6.45) is 3.21. The van der Waals surface area contributed by atoms with Gasteiger partial charge in [0.05, 0.1) is 0 Å². The average Bonchev–Trinajstić information content (AvgIpc) is 2.66. The van der Waals surface area contributed by atoms with Crippen LogP contribution in [-0.2, 0) is 11.2 Å². The predicted octanol–water partition coefficient (Wildman–Crippen LogP) is 1.82. The number of hydrogen-bond donors (Lipinski definition) is 3. The SMILES string of the molecule is CNC(=O)NC(=O)[C@@H]([NH2+][C@H]1CCCc2ccccc21)c1ccccc1. The molecule has 3 rings (SSSR count). The molecule has 5 heteroatoms. The zero-order valence-corrected chi connectivity index (χ0v) is 14.4. The minimum atomic E-state index is -0.483. The van der Waals surface area contributed by atoms with E-state index >= 15 is 0 Å². The Bertz CT molecular complexity index is 746. The van der Waals surface area contributed by atoms with E-state index in [1.54, 1.807) is 0 Å². The topological polar surface area (TPSA) is 74.8 Å². The van der Waals surface area contributed by atoms with Crippen LogP contribution in [0.15, 0.2) is 54.6 Å². The summed E-state index contributed by atoms with van der Waals surface area (Å²) in [7, 11) is 1.50. The Kier molecular flexibility index (Phi) is 5.46. The summed E-state index contributed by atoms with van der Waals surface area (Å²) in [5.74, 6) is -0.298. The van der Waals surface area contributed by atoms with Gasteiger partial charge in [0.25, 0.3) is 5.91 Å². The number of nitrogens with two attached hydrogens (primary N) is 1. The molecule has 25 heavy (non-hydrogen) atoms. The second kappa shape index (κ2) is 7.94. The number of rotatable bonds is 4. The van der Waals surface area contributed by atoms with Crippen molar-refractivity contribution in [3.63, 3.8) is 0 Å². The van der Waals surface area contributed by atoms with Gasteiger partial charge in [-0.1, -0.05) is 54.6 Å². The van der Waals surface area contributed by atoms with Gasteiger partial charge in [0.2, 0.25) is 0 Å². The molecular weight excluding hydrogens is 314 g/mol. The van der Waals surface area contributed by atoms with E-state index in [0.29, 0.717) is 0 Å². The molecule has 4 N–H and O–H groups in total. The molecule has 0 unspecified atom stereocenters. The van der Waals surface area contributed by atoms with Crippen LogP contribution >= 0.6 is 0 Å². The van der Waals surface area contributed by atoms with Crippen LogP contribution in [0, 0.1) is 0 Å². The van der Waals surface area contributed by atoms with Crippen LogP contribution < -0.4 is 16.0 Å². The number of imide groups is 1. The van der Waals surface area contributed by atoms with E-state index in [4.69, 9.17) is 0 Å². The van der Waals surface area contributed by atoms with Crippen LogP contribution in [0.5, 0.6) is 0 Å². The number of urea groups is 1. The molecular formula is C20H24N3O2+. The number of quaternary nitrogens is 1. The number of nitrogens with one attached hydrogen (secondary N) is 2. The van der Waals surface area contributed by atoms with E-state index in [2.05, 4.69) is 34.1 Å². The number of carbonyl (C=O) groups excluding carboxylic acids is 2. The molecule has 0 heterocycles. The van der Waals surface area contributed by atoms with Crippen molar-refractivity contribution >= 4 is 11.9 Å². The molecule has 5 nitrogen and oxygen atoms in total. The largest absolute Gasteiger partial charge is 0.341 e. The van der Waals surface area contributed by atoms with E-state index in [1.807, 2.05) is 36.4 Å². The highest BCUT2D eigenvalue weighted by atomic mass is 16.2. The minimum Gasteiger partial charge on any atom is -0.341 e. The highest BCUT2D eigenvalue weighted by Gasteiger charge is 2.31. The third-order valence-corrected chi connectivity index (χ3v) is 4.75. The zero-order valence-electron chi connectivity index (χ0n) is 14.4. The summed E-state index contributed by atoms with van der Waals surface area (Å²) in [6.45, 7) is 0. The van der Waals surface area contributed by atoms with Gasteiger partial charge in [0.15, 0.2) is 6.04 Å². The molecule has 2 aromatic carbocycles. The first-order valence-electron chi connectivity index (χ1n) is 8.69. The molecule has 0 saturated heterocycles. The summed E-state index contributed by atoms with van der Waals surface area (Å²) in [5.41, 5.74) is 3.54. The molecule has 3 amide bonds. The molecule has 0 spiro atoms. The normalized spacial score (nSPS) is 17.2. The standard InChI is InChI=1S/C20H23N3O2/c1-21-20(25)23-19(24)18(15-9-3-2-4-10-15)22-17-13-7-11-14-8-5-6-12-16(14)17/h2-6,8-10,12,17-18,22H,7,11,13H2,1H3,(H2,21,23,24,25)/p+1/t17-,18-/m0/s1. The lowest BCUT2D eigenvalue weighted by molar-refractivity contribution is -0.723. The van der Waals surface area contributed by atoms with E-state index in [0.717, 1.165) is 24.8 Å². The van der Waals surface area contributed by atoms with Crippen molar-refractivity contribution in [1.82, 2.24) is 10.6 Å². The quantitative estimate of drug-likeness (QED) is 0.795. The number of amides is 3. The van der Waals surface area contributed by atoms with Crippen LogP contribution in [0.1, 0.15) is 41.6 Å². The highest BCUT2D eigenvalue weighted by Crippen LogP contribution is 2.27. The lowest BCUT2D eigenvalue weighted by Crippen LogP contribution is -2.89. The fourth-order valence-electron chi connectivity index (χ4n) is 3.49. The molecule has 0 aromatic heterocycles. The Labute approximate surface area is 147 Å². The second-order valence-corrected chi connectivity index (χ2v) is 6.35. The smallest absolute Gasteiger partial charge is 0.321 e. The molecule has 1 aliphatic carbocycles. The Morgan fingerprint density at radius 3 is 2.56 bits per heavy atom. The van der Waals surface area contributed by atoms with Gasteiger partial charge in [-0.15, -0.1) is 0 Å². The first-order valence-corrected chi connectivity index (χ1v) is 8.69. The van der Waals surface area contributed by atoms with Gasteiger partial charge in [0.1, 0.15) is 6.04 Å². The first-order chi connectivity index (χ1) is 12.2. The van der Waals surface area contributed by atoms with Crippen LogP contribution in [0.4, 0.5) is 4.79 Å². The molecule has 1 aliphatic rings. The number of carbonyl (C=O) groups is 2. The third kappa shape index (κ3) is 4.06. The van der Waals surface area contributed by atoms with Gasteiger partial charge < -0.3 is 10.6 Å². The average molecular weight is 338 g/mol. The van der Waals surface area contributed by atoms with Crippen molar-refractivity contribution in [2.75, 3.05) is 7.05 Å². The Morgan fingerprint density at radius 2 is 1.80 bits per heavy atom. The summed E-state index contributed by atoms with van der Waals surface area (Å²) >= 11 is 0. The molecule has 130 valence electrons. The Balaban J connectivity index is 1.86. The van der Waals surface area contributed by atoms with Crippen LogP contribution in [0.25, 0.3) is 0 Å². The molecule has 2 atom stereocenters. The van der Waals surface area contributed by atoms with Crippen molar-refractivity contribution in [2.45, 2.75) is 31.3 Å². The number of aryl methyl sites for hydroxylation is 1. The molecule has 0 radical (unpaired) electrons. The monoisotopic (exact) mass is 338 g/mol. The van der Waals surface area contributed by atoms with Crippen LogP contribution in [0.3, 0.4) is 0 Å². The zero-order chi connectivity index (χ0) is 17.6. The molecule has 0 aliphatic heterocycles. The maximum Gasteiger partial charge on any atom is 0.321 e. The van der Waals surface area contributed by atoms with Gasteiger partial charge in [-0.3, -0.25) is 10.1 Å². The van der Waals surface area contributed by atoms with Gasteiger partial charge in [-0.05, 0) is 18.4 Å². The van der Waals surface area contributed by atoms with E-state index in [1.165, 1.54) is 18.2 Å². The lowest BCUT2D eigenvalue weighted by atomic mass is 9.87. The van der Waals surface area contributed by atoms with Crippen molar-refractivity contribution in [3.8, 4) is 0 Å². The number of fused-ring (bicyclic) bond motifs is 1. The summed E-state index contributed by atoms with van der Waals surface area (Å²) in [4.78, 5) is 24.3. The van der Waals surface area contributed by atoms with Gasteiger partial charge >= 0.3 is 6.03 Å². The van der Waals surface area contributed by atoms with Crippen LogP contribution in [0.2, 0.25) is 0 Å². The van der Waals surface area contributed by atoms with E-state index in [-0.39, 0.29) is 11.9 Å². The Hall–Kier alpha value is -2.66.